The van der Waals surface area contributed by atoms with Crippen molar-refractivity contribution in [1.82, 2.24) is 19.1 Å². The molecule has 0 amide bonds. The lowest BCUT2D eigenvalue weighted by molar-refractivity contribution is -0.164. The topological polar surface area (TPSA) is 188 Å². The van der Waals surface area contributed by atoms with Crippen LogP contribution in [0.1, 0.15) is 251 Å². The van der Waals surface area contributed by atoms with Gasteiger partial charge in [-0.25, -0.2) is 14.4 Å². The molecule has 24 atom stereocenters. The van der Waals surface area contributed by atoms with Gasteiger partial charge in [-0.15, -0.1) is 0 Å². The van der Waals surface area contributed by atoms with Crippen molar-refractivity contribution in [3.63, 3.8) is 0 Å². The van der Waals surface area contributed by atoms with Gasteiger partial charge < -0.3 is 38.7 Å². The quantitative estimate of drug-likeness (QED) is 0.120. The Labute approximate surface area is 637 Å². The van der Waals surface area contributed by atoms with E-state index in [1.54, 1.807) is 30.5 Å². The highest BCUT2D eigenvalue weighted by Crippen LogP contribution is 2.72. The first kappa shape index (κ1) is 88.4. The van der Waals surface area contributed by atoms with E-state index in [0.29, 0.717) is 107 Å². The summed E-state index contributed by atoms with van der Waals surface area (Å²) >= 11 is 3.68. The molecule has 3 N–H and O–H groups in total. The molecular formula is C84H138BrF4N5O9S. The van der Waals surface area contributed by atoms with Gasteiger partial charge in [0.25, 0.3) is 0 Å². The molecule has 12 aliphatic carbocycles. The smallest absolute Gasteiger partial charge is 0.230 e. The second-order valence-electron chi connectivity index (χ2n) is 36.1. The van der Waals surface area contributed by atoms with Crippen LogP contribution in [-0.4, -0.2) is 128 Å². The number of halogens is 5. The third-order valence-corrected chi connectivity index (χ3v) is 32.0. The molecule has 2 aromatic heterocycles. The highest BCUT2D eigenvalue weighted by atomic mass is 79.9. The van der Waals surface area contributed by atoms with Crippen LogP contribution in [0.25, 0.3) is 0 Å². The van der Waals surface area contributed by atoms with Crippen LogP contribution in [0, 0.1) is 133 Å². The number of methoxy groups -OCH3 is 3. The number of ketones is 3. The Kier molecular flexibility index (Phi) is 29.9. The van der Waals surface area contributed by atoms with Gasteiger partial charge in [0.1, 0.15) is 11.6 Å². The van der Waals surface area contributed by atoms with E-state index in [1.807, 2.05) is 0 Å². The molecule has 594 valence electrons. The number of aliphatic imine (C=N–C) groups is 1. The fourth-order valence-electron chi connectivity index (χ4n) is 26.6. The molecular weight excluding hydrogens is 1410 g/mol. The highest BCUT2D eigenvalue weighted by molar-refractivity contribution is 9.09. The largest absolute Gasteiger partial charge is 0.387 e. The molecule has 20 heteroatoms. The van der Waals surface area contributed by atoms with E-state index in [4.69, 9.17) is 14.2 Å². The zero-order valence-electron chi connectivity index (χ0n) is 62.0. The van der Waals surface area contributed by atoms with Crippen LogP contribution in [0.3, 0.4) is 0 Å². The molecule has 1 aliphatic heterocycles. The number of fused-ring (bicyclic) bond motifs is 15. The lowest BCUT2D eigenvalue weighted by Gasteiger charge is -2.62. The Bertz CT molecular complexity index is 3090. The summed E-state index contributed by atoms with van der Waals surface area (Å²) in [6.45, 7) is 16.5. The van der Waals surface area contributed by atoms with E-state index < -0.39 is 28.7 Å². The first-order chi connectivity index (χ1) is 47.4. The summed E-state index contributed by atoms with van der Waals surface area (Å²) in [5.74, 6) is 8.16. The highest BCUT2D eigenvalue weighted by Gasteiger charge is 2.66. The molecule has 0 radical (unpaired) electrons. The molecule has 12 fully saturated rings. The maximum Gasteiger partial charge on any atom is 0.230 e. The van der Waals surface area contributed by atoms with E-state index in [1.165, 1.54) is 114 Å². The average Bonchev–Trinajstić information content (AvgIpc) is 1.36. The van der Waals surface area contributed by atoms with Crippen LogP contribution in [-0.2, 0) is 41.7 Å². The Balaban J connectivity index is 0.000000202. The Morgan fingerprint density at radius 3 is 1.04 bits per heavy atom. The standard InChI is InChI=1S/2C26H39FN2O3.C23H37BrO3.C4H4FN.CH3FS.4CH4/c2*1-24-10-11-26(31,15-32-3)12-17(24)4-5-18-19-6-7-21(25(19,2)9-8-20(18)24)22(30)13-29-14-23(27)28-16-29;1-21-10-11-23(26,14-27-3)12-15(21)4-5-16-17-6-7-19(20(25)13-24)22(17,2)9-8-18(16)21;5-4-1-2-6-3-4;1-3-2;;;;/h2*14,16-21,31H,4-13,15H2,1-3H3;15-19,26H,4-14H2,1-3H3;2-3H,1H2;1H3;4*1H4/t17-,18-,19-,20-,21?,24-,25-,26+;17-,18-,19-,20-,21+,24-,25-,26+;15-,16-,17-,18-,19+,21-,22-,23+;;;;;;/m000....../s1. The van der Waals surface area contributed by atoms with Crippen molar-refractivity contribution in [1.29, 1.82) is 0 Å². The van der Waals surface area contributed by atoms with Crippen molar-refractivity contribution in [3.8, 4) is 0 Å². The van der Waals surface area contributed by atoms with E-state index in [-0.39, 0.29) is 106 Å². The molecule has 1 unspecified atom stereocenters. The number of rotatable bonds is 14. The van der Waals surface area contributed by atoms with E-state index in [9.17, 15) is 46.8 Å². The van der Waals surface area contributed by atoms with Gasteiger partial charge in [-0.1, -0.05) is 87.2 Å². The summed E-state index contributed by atoms with van der Waals surface area (Å²) in [6.07, 6.45) is 39.5. The molecule has 3 heterocycles. The summed E-state index contributed by atoms with van der Waals surface area (Å²) in [5, 5.41) is 33.6. The number of aliphatic hydroxyl groups is 3. The lowest BCUT2D eigenvalue weighted by atomic mass is 9.44. The number of alkyl halides is 1. The third-order valence-electron chi connectivity index (χ3n) is 31.5. The van der Waals surface area contributed by atoms with Crippen LogP contribution in [0.5, 0.6) is 0 Å². The number of hydrogen-bond acceptors (Lipinski definition) is 13. The Morgan fingerprint density at radius 1 is 0.481 bits per heavy atom. The summed E-state index contributed by atoms with van der Waals surface area (Å²) in [6, 6.07) is 0. The minimum atomic E-state index is -0.660. The first-order valence-electron chi connectivity index (χ1n) is 38.6. The second kappa shape index (κ2) is 35.2. The van der Waals surface area contributed by atoms with Crippen molar-refractivity contribution in [3.05, 3.63) is 49.0 Å². The fraction of sp³-hybridized carbons (Fsp3) is 0.857. The van der Waals surface area contributed by atoms with Crippen molar-refractivity contribution in [2.24, 2.45) is 126 Å². The normalized spacial score (nSPS) is 42.9. The number of Topliss-reactive ketones (excluding diaryl/α,β-unsaturated/α-hetero) is 3. The number of ether oxygens (including phenoxy) is 3. The fourth-order valence-corrected chi connectivity index (χ4v) is 27.0. The minimum Gasteiger partial charge on any atom is -0.387 e. The maximum atomic E-state index is 13.3. The van der Waals surface area contributed by atoms with Crippen LogP contribution in [0.2, 0.25) is 0 Å². The van der Waals surface area contributed by atoms with E-state index >= 15 is 0 Å². The molecule has 13 aliphatic rings. The van der Waals surface area contributed by atoms with E-state index in [0.717, 1.165) is 120 Å². The van der Waals surface area contributed by atoms with Crippen molar-refractivity contribution in [2.75, 3.05) is 52.7 Å². The lowest BCUT2D eigenvalue weighted by Crippen LogP contribution is -2.56. The SMILES string of the molecule is C.C.C.C.COC[C@@]1(O)CC[C@@]2(C)[C@@H](CC[C@@H]3[C@@H]2CC[C@]2(C)C(C(=O)Cn4cnc(F)c4)CC[C@@H]32)C1.COC[C@@]1(O)CC[C@@]2(C)[C@@H](CC[C@@H]3[C@@H]2CC[C@]2(C)[C@@H](C(=O)CBr)CC[C@@H]32)C1.COC[C@@]1(O)CC[C@@]2(C)[C@@H](CC[C@@H]3[C@@H]2CC[C@]2(C)[C@@H](C(=O)Cn4cnc(F)c4)CC[C@@H]32)C1.CSF.FC1=CN=CC1. The number of hydrogen-bond donors (Lipinski definition) is 3. The monoisotopic (exact) mass is 1550 g/mol. The zero-order chi connectivity index (χ0) is 72.0. The van der Waals surface area contributed by atoms with Gasteiger partial charge in [0.2, 0.25) is 11.9 Å². The van der Waals surface area contributed by atoms with E-state index in [2.05, 4.69) is 72.4 Å². The maximum absolute atomic E-state index is 13.3. The van der Waals surface area contributed by atoms with Crippen LogP contribution >= 0.6 is 28.1 Å². The van der Waals surface area contributed by atoms with Crippen LogP contribution in [0.4, 0.5) is 17.1 Å². The first-order valence-corrected chi connectivity index (χ1v) is 40.8. The average molecular weight is 1550 g/mol. The number of aromatic nitrogens is 4. The van der Waals surface area contributed by atoms with Crippen LogP contribution in [0.15, 0.2) is 42.1 Å². The summed E-state index contributed by atoms with van der Waals surface area (Å²) < 4.78 is 67.6. The number of imidazole rings is 2. The molecule has 0 spiro atoms. The van der Waals surface area contributed by atoms with Crippen molar-refractivity contribution in [2.45, 2.75) is 281 Å². The molecule has 15 rings (SSSR count). The number of carbonyl (C=O) groups excluding carboxylic acids is 3. The molecule has 14 nitrogen and oxygen atoms in total. The van der Waals surface area contributed by atoms with Gasteiger partial charge in [0.05, 0.1) is 86.3 Å². The molecule has 104 heavy (non-hydrogen) atoms. The molecule has 12 saturated carbocycles. The van der Waals surface area contributed by atoms with Crippen molar-refractivity contribution >= 4 is 51.6 Å². The van der Waals surface area contributed by atoms with Gasteiger partial charge in [0.15, 0.2) is 11.6 Å². The Morgan fingerprint density at radius 2 is 0.788 bits per heavy atom. The van der Waals surface area contributed by atoms with Gasteiger partial charge in [-0.2, -0.15) is 12.7 Å². The van der Waals surface area contributed by atoms with Gasteiger partial charge in [-0.3, -0.25) is 19.4 Å². The number of carbonyl (C=O) groups is 3. The van der Waals surface area contributed by atoms with Crippen molar-refractivity contribution < 1.29 is 61.0 Å². The number of allylic oxidation sites excluding steroid dienone is 1. The van der Waals surface area contributed by atoms with Gasteiger partial charge >= 0.3 is 0 Å². The molecule has 0 saturated heterocycles. The van der Waals surface area contributed by atoms with Gasteiger partial charge in [0, 0.05) is 70.1 Å². The zero-order valence-corrected chi connectivity index (χ0v) is 64.4. The summed E-state index contributed by atoms with van der Waals surface area (Å²) in [7, 11) is 5.08. The third kappa shape index (κ3) is 17.1. The molecule has 0 bridgehead atoms. The molecule has 2 aromatic rings. The van der Waals surface area contributed by atoms with Gasteiger partial charge in [-0.05, 0) is 277 Å². The number of nitrogens with zero attached hydrogens (tertiary/aromatic N) is 5. The summed E-state index contributed by atoms with van der Waals surface area (Å²) in [5.41, 5.74) is -0.642. The minimum absolute atomic E-state index is 0. The second-order valence-corrected chi connectivity index (χ2v) is 37.0. The predicted molar refractivity (Wildman–Crippen MR) is 413 cm³/mol. The van der Waals surface area contributed by atoms with Crippen LogP contribution < -0.4 is 0 Å². The molecule has 0 aromatic carbocycles. The summed E-state index contributed by atoms with van der Waals surface area (Å²) in [4.78, 5) is 49.9. The Hall–Kier alpha value is -2.85. The predicted octanol–water partition coefficient (Wildman–Crippen LogP) is 19.3.